The number of hydrogen-bond donors (Lipinski definition) is 1. The number of rotatable bonds is 7. The van der Waals surface area contributed by atoms with Gasteiger partial charge < -0.3 is 20.3 Å². The van der Waals surface area contributed by atoms with E-state index >= 15 is 0 Å². The number of ether oxygens (including phenoxy) is 1. The molecule has 1 unspecified atom stereocenters. The van der Waals surface area contributed by atoms with Crippen LogP contribution in [0.25, 0.3) is 0 Å². The fourth-order valence-corrected chi connectivity index (χ4v) is 2.72. The number of carbonyl (C=O) groups excluding carboxylic acids is 1. The monoisotopic (exact) mass is 299 g/mol. The summed E-state index contributed by atoms with van der Waals surface area (Å²) >= 11 is 0. The number of nitrogens with zero attached hydrogens (tertiary/aromatic N) is 2. The molecule has 5 nitrogen and oxygen atoms in total. The van der Waals surface area contributed by atoms with Crippen LogP contribution in [0.2, 0.25) is 0 Å². The first-order valence-corrected chi connectivity index (χ1v) is 7.26. The van der Waals surface area contributed by atoms with Gasteiger partial charge in [0.2, 0.25) is 5.91 Å². The maximum atomic E-state index is 12.8. The topological polar surface area (TPSA) is 58.8 Å². The molecule has 2 atom stereocenters. The summed E-state index contributed by atoms with van der Waals surface area (Å²) in [5.41, 5.74) is 6.48. The first-order chi connectivity index (χ1) is 10.8. The third kappa shape index (κ3) is 3.97. The van der Waals surface area contributed by atoms with Crippen LogP contribution in [0.4, 0.5) is 4.39 Å². The quantitative estimate of drug-likeness (QED) is 0.762. The van der Waals surface area contributed by atoms with Crippen molar-refractivity contribution >= 4 is 5.91 Å². The number of primary amides is 1. The van der Waals surface area contributed by atoms with Gasteiger partial charge in [-0.15, -0.1) is 0 Å². The highest BCUT2D eigenvalue weighted by Gasteiger charge is 2.28. The van der Waals surface area contributed by atoms with E-state index in [1.54, 1.807) is 11.0 Å². The zero-order valence-corrected chi connectivity index (χ0v) is 12.3. The van der Waals surface area contributed by atoms with Gasteiger partial charge in [-0.3, -0.25) is 4.79 Å². The number of amides is 1. The van der Waals surface area contributed by atoms with Crippen LogP contribution >= 0.6 is 0 Å². The maximum absolute atomic E-state index is 12.8. The number of allylic oxidation sites excluding steroid dienone is 1. The lowest BCUT2D eigenvalue weighted by atomic mass is 10.1. The Morgan fingerprint density at radius 1 is 1.62 bits per heavy atom. The SMILES string of the molecule is [2H]C([2H])(F)COCC(C)N1C=C(N2CCCC2)C=C[C@H]1C(N)=O. The summed E-state index contributed by atoms with van der Waals surface area (Å²) in [6.07, 6.45) is 7.86. The molecule has 6 heteroatoms. The van der Waals surface area contributed by atoms with E-state index in [-0.39, 0.29) is 12.6 Å². The maximum Gasteiger partial charge on any atom is 0.244 e. The Bertz CT molecular complexity index is 488. The first kappa shape index (κ1) is 13.1. The van der Waals surface area contributed by atoms with Crippen molar-refractivity contribution in [1.29, 1.82) is 0 Å². The molecule has 2 N–H and O–H groups in total. The van der Waals surface area contributed by atoms with E-state index in [2.05, 4.69) is 4.90 Å². The van der Waals surface area contributed by atoms with Gasteiger partial charge in [0, 0.05) is 19.3 Å². The fraction of sp³-hybridized carbons (Fsp3) is 0.667. The molecule has 0 aromatic rings. The van der Waals surface area contributed by atoms with E-state index in [1.807, 2.05) is 19.2 Å². The Balaban J connectivity index is 2.03. The fourth-order valence-electron chi connectivity index (χ4n) is 2.72. The molecular formula is C15H24FN3O2. The zero-order chi connectivity index (χ0) is 17.0. The van der Waals surface area contributed by atoms with Crippen LogP contribution < -0.4 is 5.73 Å². The minimum absolute atomic E-state index is 0.102. The summed E-state index contributed by atoms with van der Waals surface area (Å²) in [4.78, 5) is 15.7. The molecule has 0 aliphatic carbocycles. The molecule has 0 aromatic carbocycles. The van der Waals surface area contributed by atoms with Gasteiger partial charge in [-0.1, -0.05) is 6.08 Å². The molecule has 2 aliphatic rings. The van der Waals surface area contributed by atoms with Crippen LogP contribution in [0.15, 0.2) is 24.0 Å². The lowest BCUT2D eigenvalue weighted by molar-refractivity contribution is -0.121. The van der Waals surface area contributed by atoms with E-state index in [0.29, 0.717) is 0 Å². The van der Waals surface area contributed by atoms with Crippen LogP contribution in [-0.4, -0.2) is 60.7 Å². The normalized spacial score (nSPS) is 25.4. The van der Waals surface area contributed by atoms with Gasteiger partial charge in [-0.2, -0.15) is 0 Å². The Morgan fingerprint density at radius 2 is 2.33 bits per heavy atom. The summed E-state index contributed by atoms with van der Waals surface area (Å²) in [6.45, 7) is 0.411. The van der Waals surface area contributed by atoms with Gasteiger partial charge >= 0.3 is 0 Å². The molecule has 2 rings (SSSR count). The summed E-state index contributed by atoms with van der Waals surface area (Å²) in [5, 5.41) is 0. The Hall–Kier alpha value is -1.56. The average Bonchev–Trinajstić information content (AvgIpc) is 2.99. The minimum Gasteiger partial charge on any atom is -0.377 e. The summed E-state index contributed by atoms with van der Waals surface area (Å²) in [6, 6.07) is -0.820. The second-order valence-corrected chi connectivity index (χ2v) is 5.40. The molecule has 118 valence electrons. The van der Waals surface area contributed by atoms with Crippen molar-refractivity contribution in [2.45, 2.75) is 31.8 Å². The van der Waals surface area contributed by atoms with E-state index in [9.17, 15) is 9.18 Å². The number of alkyl halides is 1. The van der Waals surface area contributed by atoms with E-state index < -0.39 is 25.2 Å². The first-order valence-electron chi connectivity index (χ1n) is 8.26. The molecule has 0 bridgehead atoms. The molecule has 1 fully saturated rings. The van der Waals surface area contributed by atoms with Crippen LogP contribution in [0, 0.1) is 0 Å². The summed E-state index contributed by atoms with van der Waals surface area (Å²) in [5.74, 6) is -0.467. The minimum atomic E-state index is -2.86. The predicted molar refractivity (Wildman–Crippen MR) is 79.1 cm³/mol. The Morgan fingerprint density at radius 3 is 2.95 bits per heavy atom. The molecule has 1 saturated heterocycles. The van der Waals surface area contributed by atoms with Crippen molar-refractivity contribution in [3.05, 3.63) is 24.0 Å². The van der Waals surface area contributed by atoms with Gasteiger partial charge in [0.05, 0.1) is 27.7 Å². The largest absolute Gasteiger partial charge is 0.377 e. The number of carbonyl (C=O) groups is 1. The zero-order valence-electron chi connectivity index (χ0n) is 14.3. The van der Waals surface area contributed by atoms with Gasteiger partial charge in [-0.25, -0.2) is 4.39 Å². The van der Waals surface area contributed by atoms with Crippen LogP contribution in [0.5, 0.6) is 0 Å². The smallest absolute Gasteiger partial charge is 0.244 e. The third-order valence-corrected chi connectivity index (χ3v) is 3.84. The van der Waals surface area contributed by atoms with Crippen molar-refractivity contribution in [3.63, 3.8) is 0 Å². The van der Waals surface area contributed by atoms with Gasteiger partial charge in [-0.05, 0) is 25.8 Å². The number of likely N-dealkylation sites (tertiary alicyclic amines) is 1. The molecule has 0 radical (unpaired) electrons. The van der Waals surface area contributed by atoms with Crippen molar-refractivity contribution in [2.24, 2.45) is 5.73 Å². The molecule has 2 aliphatic heterocycles. The number of hydrogen-bond acceptors (Lipinski definition) is 4. The van der Waals surface area contributed by atoms with Crippen LogP contribution in [-0.2, 0) is 9.53 Å². The predicted octanol–water partition coefficient (Wildman–Crippen LogP) is 1.02. The Kier molecular flexibility index (Phi) is 4.66. The number of halogens is 1. The third-order valence-electron chi connectivity index (χ3n) is 3.84. The molecule has 2 heterocycles. The van der Waals surface area contributed by atoms with E-state index in [0.717, 1.165) is 31.6 Å². The molecule has 0 saturated carbocycles. The van der Waals surface area contributed by atoms with Crippen molar-refractivity contribution in [3.8, 4) is 0 Å². The van der Waals surface area contributed by atoms with Crippen molar-refractivity contribution in [2.75, 3.05) is 32.9 Å². The molecular weight excluding hydrogens is 273 g/mol. The second-order valence-electron chi connectivity index (χ2n) is 5.40. The van der Waals surface area contributed by atoms with Crippen LogP contribution in [0.3, 0.4) is 0 Å². The molecule has 1 amide bonds. The standard InChI is InChI=1S/C15H24FN3O2/c1-12(11-21-9-6-16)19-10-13(18-7-2-3-8-18)4-5-14(19)15(17)20/h4-5,10,12,14H,2-3,6-9,11H2,1H3,(H2,17,20)/t12?,14-/m0/s1/i6D2. The lowest BCUT2D eigenvalue weighted by Gasteiger charge is -2.36. The van der Waals surface area contributed by atoms with E-state index in [4.69, 9.17) is 13.2 Å². The lowest BCUT2D eigenvalue weighted by Crippen LogP contribution is -2.48. The van der Waals surface area contributed by atoms with Gasteiger partial charge in [0.25, 0.3) is 0 Å². The highest BCUT2D eigenvalue weighted by Crippen LogP contribution is 2.23. The van der Waals surface area contributed by atoms with Gasteiger partial charge in [0.15, 0.2) is 0 Å². The highest BCUT2D eigenvalue weighted by atomic mass is 19.1. The van der Waals surface area contributed by atoms with Crippen molar-refractivity contribution < 1.29 is 16.7 Å². The van der Waals surface area contributed by atoms with Gasteiger partial charge in [0.1, 0.15) is 12.7 Å². The average molecular weight is 299 g/mol. The Labute approximate surface area is 128 Å². The van der Waals surface area contributed by atoms with Crippen molar-refractivity contribution in [1.82, 2.24) is 9.80 Å². The number of nitrogens with two attached hydrogens (primary N) is 1. The molecule has 0 aromatic heterocycles. The molecule has 21 heavy (non-hydrogen) atoms. The second kappa shape index (κ2) is 7.45. The molecule has 0 spiro atoms. The highest BCUT2D eigenvalue weighted by molar-refractivity contribution is 5.82. The summed E-state index contributed by atoms with van der Waals surface area (Å²) < 4.78 is 31.6. The van der Waals surface area contributed by atoms with Crippen LogP contribution in [0.1, 0.15) is 22.5 Å². The van der Waals surface area contributed by atoms with E-state index in [1.165, 1.54) is 0 Å². The summed E-state index contributed by atoms with van der Waals surface area (Å²) in [7, 11) is 0.